The molecule has 1 saturated heterocycles. The Balaban J connectivity index is 1.59. The highest BCUT2D eigenvalue weighted by Gasteiger charge is 2.24. The van der Waals surface area contributed by atoms with Crippen molar-refractivity contribution in [2.45, 2.75) is 38.5 Å². The fraction of sp³-hybridized carbons (Fsp3) is 0.647. The van der Waals surface area contributed by atoms with Crippen LogP contribution in [0.25, 0.3) is 0 Å². The molecule has 1 amide bonds. The lowest BCUT2D eigenvalue weighted by Gasteiger charge is -2.29. The van der Waals surface area contributed by atoms with E-state index in [1.807, 2.05) is 12.1 Å². The molecule has 0 unspecified atom stereocenters. The Morgan fingerprint density at radius 3 is 2.68 bits per heavy atom. The summed E-state index contributed by atoms with van der Waals surface area (Å²) in [6.07, 6.45) is 8.85. The zero-order chi connectivity index (χ0) is 15.4. The molecule has 0 spiro atoms. The molecule has 5 nitrogen and oxygen atoms in total. The van der Waals surface area contributed by atoms with Gasteiger partial charge < -0.3 is 15.5 Å². The molecule has 0 aromatic carbocycles. The number of hydrogen-bond acceptors (Lipinski definition) is 4. The first kappa shape index (κ1) is 15.1. The number of hydrogen-bond donors (Lipinski definition) is 1. The number of nitrogens with two attached hydrogens (primary N) is 1. The first-order valence-electron chi connectivity index (χ1n) is 8.46. The topological polar surface area (TPSA) is 62.5 Å². The first-order valence-corrected chi connectivity index (χ1v) is 8.46. The van der Waals surface area contributed by atoms with Crippen LogP contribution in [0.4, 0.5) is 11.5 Å². The van der Waals surface area contributed by atoms with Crippen LogP contribution < -0.4 is 10.6 Å². The van der Waals surface area contributed by atoms with Gasteiger partial charge in [-0.1, -0.05) is 19.3 Å². The summed E-state index contributed by atoms with van der Waals surface area (Å²) in [7, 11) is 0. The molecule has 5 heteroatoms. The molecule has 1 aliphatic heterocycles. The van der Waals surface area contributed by atoms with E-state index in [-0.39, 0.29) is 0 Å². The van der Waals surface area contributed by atoms with E-state index in [0.717, 1.165) is 32.0 Å². The lowest BCUT2D eigenvalue weighted by Crippen LogP contribution is -2.37. The number of carbonyl (C=O) groups is 1. The summed E-state index contributed by atoms with van der Waals surface area (Å²) in [5, 5.41) is 0. The maximum atomic E-state index is 12.4. The molecule has 0 atom stereocenters. The molecule has 0 bridgehead atoms. The largest absolute Gasteiger partial charge is 0.397 e. The summed E-state index contributed by atoms with van der Waals surface area (Å²) in [4.78, 5) is 21.0. The molecule has 120 valence electrons. The van der Waals surface area contributed by atoms with E-state index in [4.69, 9.17) is 5.73 Å². The van der Waals surface area contributed by atoms with E-state index in [2.05, 4.69) is 14.8 Å². The summed E-state index contributed by atoms with van der Waals surface area (Å²) in [6, 6.07) is 3.81. The van der Waals surface area contributed by atoms with Gasteiger partial charge in [-0.3, -0.25) is 4.79 Å². The Bertz CT molecular complexity index is 496. The molecule has 1 aromatic rings. The molecule has 1 aliphatic carbocycles. The minimum absolute atomic E-state index is 0.295. The van der Waals surface area contributed by atoms with Crippen molar-refractivity contribution in [3.8, 4) is 0 Å². The normalized spacial score (nSPS) is 21.0. The molecule has 2 N–H and O–H groups in total. The molecular formula is C17H26N4O. The third kappa shape index (κ3) is 3.70. The maximum absolute atomic E-state index is 12.4. The van der Waals surface area contributed by atoms with Gasteiger partial charge in [-0.05, 0) is 30.9 Å². The fourth-order valence-electron chi connectivity index (χ4n) is 3.55. The van der Waals surface area contributed by atoms with Crippen molar-refractivity contribution in [1.29, 1.82) is 0 Å². The number of nitrogen functional groups attached to an aromatic ring is 1. The second kappa shape index (κ2) is 6.99. The Kier molecular flexibility index (Phi) is 4.80. The van der Waals surface area contributed by atoms with E-state index in [1.54, 1.807) is 6.20 Å². The summed E-state index contributed by atoms with van der Waals surface area (Å²) in [6.45, 7) is 3.36. The minimum atomic E-state index is 0.295. The Labute approximate surface area is 132 Å². The predicted molar refractivity (Wildman–Crippen MR) is 88.6 cm³/mol. The lowest BCUT2D eigenvalue weighted by atomic mass is 9.89. The number of amides is 1. The highest BCUT2D eigenvalue weighted by molar-refractivity contribution is 5.77. The molecular weight excluding hydrogens is 276 g/mol. The van der Waals surface area contributed by atoms with Crippen molar-refractivity contribution in [2.24, 2.45) is 5.92 Å². The smallest absolute Gasteiger partial charge is 0.224 e. The van der Waals surface area contributed by atoms with Gasteiger partial charge in [0.15, 0.2) is 0 Å². The molecule has 3 rings (SSSR count). The molecule has 2 fully saturated rings. The van der Waals surface area contributed by atoms with Gasteiger partial charge in [0.2, 0.25) is 5.91 Å². The van der Waals surface area contributed by atoms with Crippen LogP contribution in [0.1, 0.15) is 38.5 Å². The van der Waals surface area contributed by atoms with Crippen LogP contribution >= 0.6 is 0 Å². The number of anilines is 2. The Morgan fingerprint density at radius 2 is 1.95 bits per heavy atom. The minimum Gasteiger partial charge on any atom is -0.397 e. The van der Waals surface area contributed by atoms with Crippen LogP contribution in [0, 0.1) is 5.92 Å². The monoisotopic (exact) mass is 302 g/mol. The van der Waals surface area contributed by atoms with Crippen LogP contribution in [0.3, 0.4) is 0 Å². The number of carbonyl (C=O) groups excluding carboxylic acids is 1. The Morgan fingerprint density at radius 1 is 1.14 bits per heavy atom. The molecule has 2 heterocycles. The van der Waals surface area contributed by atoms with Crippen molar-refractivity contribution in [3.05, 3.63) is 18.3 Å². The van der Waals surface area contributed by atoms with Crippen LogP contribution in [-0.4, -0.2) is 42.0 Å². The summed E-state index contributed by atoms with van der Waals surface area (Å²) < 4.78 is 0. The Hall–Kier alpha value is -1.78. The molecule has 1 saturated carbocycles. The van der Waals surface area contributed by atoms with Gasteiger partial charge in [0.25, 0.3) is 0 Å². The first-order chi connectivity index (χ1) is 10.7. The quantitative estimate of drug-likeness (QED) is 0.930. The number of aromatic nitrogens is 1. The van der Waals surface area contributed by atoms with E-state index < -0.39 is 0 Å². The van der Waals surface area contributed by atoms with Gasteiger partial charge in [-0.2, -0.15) is 0 Å². The zero-order valence-corrected chi connectivity index (χ0v) is 13.2. The molecule has 0 radical (unpaired) electrons. The van der Waals surface area contributed by atoms with Gasteiger partial charge in [-0.15, -0.1) is 0 Å². The lowest BCUT2D eigenvalue weighted by molar-refractivity contribution is -0.131. The van der Waals surface area contributed by atoms with Gasteiger partial charge in [-0.25, -0.2) is 4.98 Å². The third-order valence-corrected chi connectivity index (χ3v) is 4.89. The SMILES string of the molecule is Nc1ccc(N2CCC(=O)N(CC3CCCCC3)CC2)nc1. The molecule has 22 heavy (non-hydrogen) atoms. The van der Waals surface area contributed by atoms with Crippen LogP contribution in [0.5, 0.6) is 0 Å². The highest BCUT2D eigenvalue weighted by Crippen LogP contribution is 2.25. The standard InChI is InChI=1S/C17H26N4O/c18-15-6-7-16(19-12-15)20-9-8-17(22)21(11-10-20)13-14-4-2-1-3-5-14/h6-7,12,14H,1-5,8-11,13,18H2. The van der Waals surface area contributed by atoms with Crippen molar-refractivity contribution < 1.29 is 4.79 Å². The van der Waals surface area contributed by atoms with Gasteiger partial charge in [0, 0.05) is 32.6 Å². The van der Waals surface area contributed by atoms with Crippen LogP contribution in [0.2, 0.25) is 0 Å². The zero-order valence-electron chi connectivity index (χ0n) is 13.2. The average Bonchev–Trinajstić information content (AvgIpc) is 2.72. The number of nitrogens with zero attached hydrogens (tertiary/aromatic N) is 3. The fourth-order valence-corrected chi connectivity index (χ4v) is 3.55. The predicted octanol–water partition coefficient (Wildman–Crippen LogP) is 2.28. The van der Waals surface area contributed by atoms with E-state index in [1.165, 1.54) is 32.1 Å². The van der Waals surface area contributed by atoms with Crippen molar-refractivity contribution in [2.75, 3.05) is 36.8 Å². The van der Waals surface area contributed by atoms with Gasteiger partial charge >= 0.3 is 0 Å². The van der Waals surface area contributed by atoms with E-state index in [0.29, 0.717) is 23.9 Å². The molecule has 2 aliphatic rings. The van der Waals surface area contributed by atoms with Gasteiger partial charge in [0.05, 0.1) is 11.9 Å². The second-order valence-corrected chi connectivity index (χ2v) is 6.53. The molecule has 1 aromatic heterocycles. The number of rotatable bonds is 3. The highest BCUT2D eigenvalue weighted by atomic mass is 16.2. The second-order valence-electron chi connectivity index (χ2n) is 6.53. The summed E-state index contributed by atoms with van der Waals surface area (Å²) in [5.74, 6) is 1.92. The van der Waals surface area contributed by atoms with Crippen molar-refractivity contribution in [1.82, 2.24) is 9.88 Å². The third-order valence-electron chi connectivity index (χ3n) is 4.89. The number of pyridine rings is 1. The van der Waals surface area contributed by atoms with Crippen molar-refractivity contribution >= 4 is 17.4 Å². The van der Waals surface area contributed by atoms with Crippen LogP contribution in [-0.2, 0) is 4.79 Å². The van der Waals surface area contributed by atoms with Gasteiger partial charge in [0.1, 0.15) is 5.82 Å². The van der Waals surface area contributed by atoms with E-state index >= 15 is 0 Å². The van der Waals surface area contributed by atoms with Crippen LogP contribution in [0.15, 0.2) is 18.3 Å². The maximum Gasteiger partial charge on any atom is 0.224 e. The summed E-state index contributed by atoms with van der Waals surface area (Å²) >= 11 is 0. The van der Waals surface area contributed by atoms with E-state index in [9.17, 15) is 4.79 Å². The average molecular weight is 302 g/mol. The van der Waals surface area contributed by atoms with Crippen molar-refractivity contribution in [3.63, 3.8) is 0 Å². The summed E-state index contributed by atoms with van der Waals surface area (Å²) in [5.41, 5.74) is 6.37.